The van der Waals surface area contributed by atoms with Gasteiger partial charge in [0.1, 0.15) is 5.15 Å². The molecule has 1 aliphatic heterocycles. The third-order valence-corrected chi connectivity index (χ3v) is 3.67. The molecule has 0 radical (unpaired) electrons. The molecule has 6 heteroatoms. The Balaban J connectivity index is 1.78. The lowest BCUT2D eigenvalue weighted by Gasteiger charge is -2.33. The monoisotopic (exact) mass is 297 g/mol. The molecule has 0 atom stereocenters. The zero-order valence-corrected chi connectivity index (χ0v) is 12.4. The van der Waals surface area contributed by atoms with E-state index < -0.39 is 0 Å². The first-order valence-corrected chi connectivity index (χ1v) is 7.21. The first-order chi connectivity index (χ1) is 9.69. The number of carbonyl (C=O) groups excluding carboxylic acids is 1. The maximum absolute atomic E-state index is 11.9. The molecule has 1 aromatic heterocycles. The van der Waals surface area contributed by atoms with E-state index in [1.807, 2.05) is 17.0 Å². The summed E-state index contributed by atoms with van der Waals surface area (Å²) in [5.41, 5.74) is 0.981. The highest BCUT2D eigenvalue weighted by atomic mass is 35.5. The molecule has 110 valence electrons. The van der Waals surface area contributed by atoms with E-state index in [2.05, 4.69) is 10.3 Å². The number of amides is 1. The summed E-state index contributed by atoms with van der Waals surface area (Å²) in [7, 11) is 1.61. The minimum atomic E-state index is 0.178. The zero-order chi connectivity index (χ0) is 14.4. The fraction of sp³-hybridized carbons (Fsp3) is 0.571. The average Bonchev–Trinajstić information content (AvgIpc) is 2.45. The normalized spacial score (nSPS) is 16.2. The number of ether oxygens (including phenoxy) is 1. The van der Waals surface area contributed by atoms with Gasteiger partial charge in [-0.05, 0) is 25.0 Å². The van der Waals surface area contributed by atoms with Crippen molar-refractivity contribution in [1.82, 2.24) is 9.88 Å². The summed E-state index contributed by atoms with van der Waals surface area (Å²) < 4.78 is 4.94. The quantitative estimate of drug-likeness (QED) is 0.846. The lowest BCUT2D eigenvalue weighted by Crippen LogP contribution is -2.42. The highest BCUT2D eigenvalue weighted by Crippen LogP contribution is 2.18. The number of likely N-dealkylation sites (tertiary alicyclic amines) is 1. The largest absolute Gasteiger partial charge is 0.384 e. The van der Waals surface area contributed by atoms with E-state index in [4.69, 9.17) is 16.3 Å². The van der Waals surface area contributed by atoms with Crippen molar-refractivity contribution in [2.24, 2.45) is 0 Å². The number of carbonyl (C=O) groups is 1. The third kappa shape index (κ3) is 4.35. The highest BCUT2D eigenvalue weighted by Gasteiger charge is 2.22. The van der Waals surface area contributed by atoms with Crippen LogP contribution in [0.2, 0.25) is 5.15 Å². The molecule has 1 amide bonds. The van der Waals surface area contributed by atoms with Crippen molar-refractivity contribution in [3.8, 4) is 0 Å². The van der Waals surface area contributed by atoms with Crippen LogP contribution < -0.4 is 5.32 Å². The molecule has 0 bridgehead atoms. The minimum absolute atomic E-state index is 0.178. The first-order valence-electron chi connectivity index (χ1n) is 6.84. The Kier molecular flexibility index (Phi) is 5.61. The fourth-order valence-electron chi connectivity index (χ4n) is 2.35. The van der Waals surface area contributed by atoms with E-state index in [1.165, 1.54) is 0 Å². The smallest absolute Gasteiger partial charge is 0.224 e. The van der Waals surface area contributed by atoms with Gasteiger partial charge in [-0.3, -0.25) is 4.79 Å². The SMILES string of the molecule is COCCC(=O)N1CCC(Nc2ccnc(Cl)c2)CC1. The first kappa shape index (κ1) is 15.1. The summed E-state index contributed by atoms with van der Waals surface area (Å²) in [6.45, 7) is 2.07. The van der Waals surface area contributed by atoms with E-state index in [9.17, 15) is 4.79 Å². The molecule has 5 nitrogen and oxygen atoms in total. The van der Waals surface area contributed by atoms with Crippen LogP contribution in [0.1, 0.15) is 19.3 Å². The number of hydrogen-bond donors (Lipinski definition) is 1. The molecule has 20 heavy (non-hydrogen) atoms. The van der Waals surface area contributed by atoms with Crippen LogP contribution in [-0.4, -0.2) is 48.6 Å². The van der Waals surface area contributed by atoms with Gasteiger partial charge in [0.2, 0.25) is 5.91 Å². The van der Waals surface area contributed by atoms with Crippen molar-refractivity contribution >= 4 is 23.2 Å². The number of piperidine rings is 1. The van der Waals surface area contributed by atoms with Crippen molar-refractivity contribution in [3.63, 3.8) is 0 Å². The molecule has 0 spiro atoms. The Morgan fingerprint density at radius 3 is 2.95 bits per heavy atom. The summed E-state index contributed by atoms with van der Waals surface area (Å²) in [5, 5.41) is 3.93. The summed E-state index contributed by atoms with van der Waals surface area (Å²) in [6, 6.07) is 4.10. The van der Waals surface area contributed by atoms with Gasteiger partial charge in [0, 0.05) is 38.1 Å². The van der Waals surface area contributed by atoms with Gasteiger partial charge in [-0.2, -0.15) is 0 Å². The molecule has 1 saturated heterocycles. The van der Waals surface area contributed by atoms with Crippen LogP contribution in [0.5, 0.6) is 0 Å². The predicted molar refractivity (Wildman–Crippen MR) is 79.0 cm³/mol. The molecular weight excluding hydrogens is 278 g/mol. The van der Waals surface area contributed by atoms with Gasteiger partial charge in [-0.1, -0.05) is 11.6 Å². The highest BCUT2D eigenvalue weighted by molar-refractivity contribution is 6.29. The minimum Gasteiger partial charge on any atom is -0.384 e. The molecule has 1 N–H and O–H groups in total. The van der Waals surface area contributed by atoms with Crippen LogP contribution in [0.15, 0.2) is 18.3 Å². The molecule has 0 unspecified atom stereocenters. The number of halogens is 1. The van der Waals surface area contributed by atoms with E-state index in [0.29, 0.717) is 24.2 Å². The Morgan fingerprint density at radius 2 is 2.30 bits per heavy atom. The number of aromatic nitrogens is 1. The van der Waals surface area contributed by atoms with Crippen LogP contribution >= 0.6 is 11.6 Å². The van der Waals surface area contributed by atoms with Crippen LogP contribution in [0, 0.1) is 0 Å². The van der Waals surface area contributed by atoms with E-state index in [-0.39, 0.29) is 5.91 Å². The van der Waals surface area contributed by atoms with Crippen molar-refractivity contribution in [2.75, 3.05) is 32.1 Å². The van der Waals surface area contributed by atoms with Gasteiger partial charge in [0.15, 0.2) is 0 Å². The van der Waals surface area contributed by atoms with Crippen LogP contribution in [0.4, 0.5) is 5.69 Å². The number of nitrogens with one attached hydrogen (secondary N) is 1. The number of nitrogens with zero attached hydrogens (tertiary/aromatic N) is 2. The second-order valence-electron chi connectivity index (χ2n) is 4.91. The van der Waals surface area contributed by atoms with Crippen molar-refractivity contribution in [2.45, 2.75) is 25.3 Å². The Labute approximate surface area is 124 Å². The number of methoxy groups -OCH3 is 1. The summed E-state index contributed by atoms with van der Waals surface area (Å²) >= 11 is 5.86. The molecular formula is C14H20ClN3O2. The van der Waals surface area contributed by atoms with Gasteiger partial charge < -0.3 is 15.0 Å². The lowest BCUT2D eigenvalue weighted by atomic mass is 10.0. The standard InChI is InChI=1S/C14H20ClN3O2/c1-20-9-5-14(19)18-7-3-11(4-8-18)17-12-2-6-16-13(15)10-12/h2,6,10-11H,3-5,7-9H2,1H3,(H,16,17). The fourth-order valence-corrected chi connectivity index (χ4v) is 2.52. The number of pyridine rings is 1. The number of anilines is 1. The topological polar surface area (TPSA) is 54.5 Å². The molecule has 0 aliphatic carbocycles. The maximum Gasteiger partial charge on any atom is 0.224 e. The Hall–Kier alpha value is -1.33. The van der Waals surface area contributed by atoms with Crippen LogP contribution in [0.25, 0.3) is 0 Å². The molecule has 2 heterocycles. The number of rotatable bonds is 5. The lowest BCUT2D eigenvalue weighted by molar-refractivity contribution is -0.133. The predicted octanol–water partition coefficient (Wildman–Crippen LogP) is 2.17. The molecule has 2 rings (SSSR count). The molecule has 1 aliphatic rings. The summed E-state index contributed by atoms with van der Waals surface area (Å²) in [5.74, 6) is 0.178. The van der Waals surface area contributed by atoms with E-state index >= 15 is 0 Å². The van der Waals surface area contributed by atoms with Gasteiger partial charge in [0.05, 0.1) is 13.0 Å². The molecule has 1 fully saturated rings. The second-order valence-corrected chi connectivity index (χ2v) is 5.30. The van der Waals surface area contributed by atoms with E-state index in [1.54, 1.807) is 13.3 Å². The molecule has 0 aromatic carbocycles. The van der Waals surface area contributed by atoms with Crippen molar-refractivity contribution in [1.29, 1.82) is 0 Å². The van der Waals surface area contributed by atoms with Gasteiger partial charge in [0.25, 0.3) is 0 Å². The Morgan fingerprint density at radius 1 is 1.55 bits per heavy atom. The average molecular weight is 298 g/mol. The second kappa shape index (κ2) is 7.45. The number of hydrogen-bond acceptors (Lipinski definition) is 4. The zero-order valence-electron chi connectivity index (χ0n) is 11.6. The van der Waals surface area contributed by atoms with E-state index in [0.717, 1.165) is 31.6 Å². The molecule has 1 aromatic rings. The Bertz CT molecular complexity index is 448. The molecule has 0 saturated carbocycles. The van der Waals surface area contributed by atoms with Gasteiger partial charge in [-0.15, -0.1) is 0 Å². The van der Waals surface area contributed by atoms with Gasteiger partial charge in [-0.25, -0.2) is 4.98 Å². The summed E-state index contributed by atoms with van der Waals surface area (Å²) in [4.78, 5) is 17.7. The van der Waals surface area contributed by atoms with Gasteiger partial charge >= 0.3 is 0 Å². The van der Waals surface area contributed by atoms with Crippen molar-refractivity contribution in [3.05, 3.63) is 23.5 Å². The van der Waals surface area contributed by atoms with Crippen LogP contribution in [-0.2, 0) is 9.53 Å². The van der Waals surface area contributed by atoms with Crippen LogP contribution in [0.3, 0.4) is 0 Å². The van der Waals surface area contributed by atoms with Crippen molar-refractivity contribution < 1.29 is 9.53 Å². The third-order valence-electron chi connectivity index (χ3n) is 3.47. The summed E-state index contributed by atoms with van der Waals surface area (Å²) in [6.07, 6.45) is 4.04. The maximum atomic E-state index is 11.9.